The SMILES string of the molecule is C[C@@H]1CN([C@H]2CCN(c3ccc(Cl)cc3Cl)C2=O)CC[C@@H]1O. The maximum atomic E-state index is 12.8. The number of piperidine rings is 1. The second-order valence-corrected chi connectivity index (χ2v) is 7.06. The molecule has 120 valence electrons. The van der Waals surface area contributed by atoms with E-state index in [-0.39, 0.29) is 24.0 Å². The fourth-order valence-corrected chi connectivity index (χ4v) is 3.90. The Balaban J connectivity index is 1.75. The summed E-state index contributed by atoms with van der Waals surface area (Å²) < 4.78 is 0. The Morgan fingerprint density at radius 3 is 2.68 bits per heavy atom. The minimum atomic E-state index is -0.255. The molecule has 0 bridgehead atoms. The zero-order valence-electron chi connectivity index (χ0n) is 12.5. The maximum absolute atomic E-state index is 12.8. The minimum absolute atomic E-state index is 0.0906. The molecule has 4 nitrogen and oxygen atoms in total. The summed E-state index contributed by atoms with van der Waals surface area (Å²) >= 11 is 12.1. The normalized spacial score (nSPS) is 30.1. The van der Waals surface area contributed by atoms with E-state index >= 15 is 0 Å². The number of carbonyl (C=O) groups excluding carboxylic acids is 1. The molecule has 2 fully saturated rings. The van der Waals surface area contributed by atoms with Gasteiger partial charge in [0.2, 0.25) is 5.91 Å². The molecule has 2 aliphatic heterocycles. The lowest BCUT2D eigenvalue weighted by atomic mass is 9.95. The molecule has 0 aliphatic carbocycles. The van der Waals surface area contributed by atoms with E-state index in [9.17, 15) is 9.90 Å². The predicted molar refractivity (Wildman–Crippen MR) is 88.6 cm³/mol. The molecule has 6 heteroatoms. The van der Waals surface area contributed by atoms with Gasteiger partial charge in [0, 0.05) is 24.7 Å². The lowest BCUT2D eigenvalue weighted by Gasteiger charge is -2.37. The molecule has 0 unspecified atom stereocenters. The second kappa shape index (κ2) is 6.36. The molecule has 22 heavy (non-hydrogen) atoms. The lowest BCUT2D eigenvalue weighted by molar-refractivity contribution is -0.123. The van der Waals surface area contributed by atoms with Gasteiger partial charge in [-0.2, -0.15) is 0 Å². The molecule has 1 N–H and O–H groups in total. The van der Waals surface area contributed by atoms with Crippen molar-refractivity contribution in [3.63, 3.8) is 0 Å². The summed E-state index contributed by atoms with van der Waals surface area (Å²) in [6.07, 6.45) is 1.27. The molecule has 3 atom stereocenters. The highest BCUT2D eigenvalue weighted by Crippen LogP contribution is 2.33. The number of anilines is 1. The fraction of sp³-hybridized carbons (Fsp3) is 0.562. The molecule has 2 saturated heterocycles. The molecule has 3 rings (SSSR count). The fourth-order valence-electron chi connectivity index (χ4n) is 3.39. The van der Waals surface area contributed by atoms with Gasteiger partial charge in [0.05, 0.1) is 22.9 Å². The number of hydrogen-bond donors (Lipinski definition) is 1. The van der Waals surface area contributed by atoms with Crippen molar-refractivity contribution < 1.29 is 9.90 Å². The van der Waals surface area contributed by atoms with Crippen molar-refractivity contribution in [3.8, 4) is 0 Å². The third kappa shape index (κ3) is 2.98. The first-order valence-corrected chi connectivity index (χ1v) is 8.41. The van der Waals surface area contributed by atoms with Gasteiger partial charge in [-0.15, -0.1) is 0 Å². The van der Waals surface area contributed by atoms with Crippen molar-refractivity contribution in [2.75, 3.05) is 24.5 Å². The monoisotopic (exact) mass is 342 g/mol. The summed E-state index contributed by atoms with van der Waals surface area (Å²) in [7, 11) is 0. The van der Waals surface area contributed by atoms with Crippen LogP contribution in [0.15, 0.2) is 18.2 Å². The van der Waals surface area contributed by atoms with Crippen LogP contribution in [0.4, 0.5) is 5.69 Å². The number of halogens is 2. The molecule has 2 aliphatic rings. The number of hydrogen-bond acceptors (Lipinski definition) is 3. The molecule has 1 aromatic rings. The molecule has 1 aromatic carbocycles. The van der Waals surface area contributed by atoms with E-state index in [1.165, 1.54) is 0 Å². The van der Waals surface area contributed by atoms with Gasteiger partial charge < -0.3 is 10.0 Å². The van der Waals surface area contributed by atoms with Gasteiger partial charge in [-0.3, -0.25) is 9.69 Å². The number of aliphatic hydroxyl groups is 1. The smallest absolute Gasteiger partial charge is 0.244 e. The zero-order valence-corrected chi connectivity index (χ0v) is 14.0. The van der Waals surface area contributed by atoms with E-state index < -0.39 is 0 Å². The Bertz CT molecular complexity index is 581. The molecule has 0 radical (unpaired) electrons. The minimum Gasteiger partial charge on any atom is -0.393 e. The average Bonchev–Trinajstić information content (AvgIpc) is 2.84. The Labute approximate surface area is 140 Å². The van der Waals surface area contributed by atoms with Crippen LogP contribution in [-0.2, 0) is 4.79 Å². The van der Waals surface area contributed by atoms with Crippen molar-refractivity contribution in [2.45, 2.75) is 31.9 Å². The van der Waals surface area contributed by atoms with Gasteiger partial charge in [-0.25, -0.2) is 0 Å². The van der Waals surface area contributed by atoms with Gasteiger partial charge >= 0.3 is 0 Å². The lowest BCUT2D eigenvalue weighted by Crippen LogP contribution is -2.49. The average molecular weight is 343 g/mol. The summed E-state index contributed by atoms with van der Waals surface area (Å²) in [5.41, 5.74) is 0.726. The van der Waals surface area contributed by atoms with Crippen LogP contribution in [0.1, 0.15) is 19.8 Å². The van der Waals surface area contributed by atoms with Crippen LogP contribution in [0.25, 0.3) is 0 Å². The van der Waals surface area contributed by atoms with Crippen molar-refractivity contribution in [2.24, 2.45) is 5.92 Å². The molecular weight excluding hydrogens is 323 g/mol. The third-order valence-electron chi connectivity index (χ3n) is 4.71. The number of amides is 1. The first kappa shape index (κ1) is 16.1. The van der Waals surface area contributed by atoms with Crippen LogP contribution >= 0.6 is 23.2 Å². The number of nitrogens with zero attached hydrogens (tertiary/aromatic N) is 2. The summed E-state index contributed by atoms with van der Waals surface area (Å²) in [6.45, 7) is 4.23. The molecule has 0 saturated carbocycles. The highest BCUT2D eigenvalue weighted by atomic mass is 35.5. The van der Waals surface area contributed by atoms with E-state index in [0.717, 1.165) is 31.6 Å². The number of rotatable bonds is 2. The van der Waals surface area contributed by atoms with E-state index in [1.807, 2.05) is 6.92 Å². The van der Waals surface area contributed by atoms with Crippen molar-refractivity contribution >= 4 is 34.8 Å². The van der Waals surface area contributed by atoms with Crippen LogP contribution in [0, 0.1) is 5.92 Å². The quantitative estimate of drug-likeness (QED) is 0.898. The highest BCUT2D eigenvalue weighted by molar-refractivity contribution is 6.36. The first-order chi connectivity index (χ1) is 10.5. The van der Waals surface area contributed by atoms with E-state index in [2.05, 4.69) is 4.90 Å². The Hall–Kier alpha value is -0.810. The van der Waals surface area contributed by atoms with E-state index in [4.69, 9.17) is 23.2 Å². The van der Waals surface area contributed by atoms with Gasteiger partial charge in [-0.1, -0.05) is 30.1 Å². The van der Waals surface area contributed by atoms with Crippen LogP contribution < -0.4 is 4.90 Å². The number of carbonyl (C=O) groups is 1. The van der Waals surface area contributed by atoms with E-state index in [0.29, 0.717) is 16.6 Å². The Morgan fingerprint density at radius 1 is 1.23 bits per heavy atom. The number of likely N-dealkylation sites (tertiary alicyclic amines) is 1. The maximum Gasteiger partial charge on any atom is 0.244 e. The van der Waals surface area contributed by atoms with Gasteiger partial charge in [-0.05, 0) is 37.0 Å². The molecule has 0 spiro atoms. The van der Waals surface area contributed by atoms with Crippen LogP contribution in [0.2, 0.25) is 10.0 Å². The zero-order chi connectivity index (χ0) is 15.9. The van der Waals surface area contributed by atoms with E-state index in [1.54, 1.807) is 23.1 Å². The predicted octanol–water partition coefficient (Wildman–Crippen LogP) is 2.80. The van der Waals surface area contributed by atoms with Crippen molar-refractivity contribution in [3.05, 3.63) is 28.2 Å². The summed E-state index contributed by atoms with van der Waals surface area (Å²) in [5.74, 6) is 0.294. The highest BCUT2D eigenvalue weighted by Gasteiger charge is 2.39. The largest absolute Gasteiger partial charge is 0.393 e. The molecule has 0 aromatic heterocycles. The first-order valence-electron chi connectivity index (χ1n) is 7.66. The number of aliphatic hydroxyl groups excluding tert-OH is 1. The van der Waals surface area contributed by atoms with Crippen LogP contribution in [-0.4, -0.2) is 47.7 Å². The summed E-state index contributed by atoms with van der Waals surface area (Å²) in [5, 5.41) is 10.9. The molecule has 2 heterocycles. The van der Waals surface area contributed by atoms with Gasteiger partial charge in [0.15, 0.2) is 0 Å². The van der Waals surface area contributed by atoms with Crippen LogP contribution in [0.5, 0.6) is 0 Å². The van der Waals surface area contributed by atoms with Crippen LogP contribution in [0.3, 0.4) is 0 Å². The van der Waals surface area contributed by atoms with Gasteiger partial charge in [0.1, 0.15) is 0 Å². The standard InChI is InChI=1S/C16H20Cl2N2O2/c1-10-9-19(6-5-15(10)21)14-4-7-20(16(14)22)13-3-2-11(17)8-12(13)18/h2-3,8,10,14-15,21H,4-7,9H2,1H3/t10-,14+,15+/m1/s1. The summed E-state index contributed by atoms with van der Waals surface area (Å²) in [4.78, 5) is 16.7. The van der Waals surface area contributed by atoms with Crippen molar-refractivity contribution in [1.29, 1.82) is 0 Å². The second-order valence-electron chi connectivity index (χ2n) is 6.22. The molecule has 1 amide bonds. The Morgan fingerprint density at radius 2 is 2.00 bits per heavy atom. The van der Waals surface area contributed by atoms with Gasteiger partial charge in [0.25, 0.3) is 0 Å². The third-order valence-corrected chi connectivity index (χ3v) is 5.25. The topological polar surface area (TPSA) is 43.8 Å². The van der Waals surface area contributed by atoms with Crippen molar-refractivity contribution in [1.82, 2.24) is 4.90 Å². The Kier molecular flexibility index (Phi) is 4.64. The summed E-state index contributed by atoms with van der Waals surface area (Å²) in [6, 6.07) is 5.11. The number of benzene rings is 1. The molecular formula is C16H20Cl2N2O2.